The molecule has 2 N–H and O–H groups in total. The molecule has 1 unspecified atom stereocenters. The Bertz CT molecular complexity index is 351. The van der Waals surface area contributed by atoms with Crippen molar-refractivity contribution in [3.63, 3.8) is 0 Å². The second-order valence-corrected chi connectivity index (χ2v) is 5.14. The van der Waals surface area contributed by atoms with Crippen LogP contribution >= 0.6 is 0 Å². The summed E-state index contributed by atoms with van der Waals surface area (Å²) in [5.74, 6) is 1.28. The Morgan fingerprint density at radius 1 is 1.47 bits per heavy atom. The lowest BCUT2D eigenvalue weighted by Gasteiger charge is -2.16. The monoisotopic (exact) mass is 205 g/mol. The summed E-state index contributed by atoms with van der Waals surface area (Å²) in [7, 11) is 0. The zero-order valence-corrected chi connectivity index (χ0v) is 9.37. The number of hydrogen-bond donors (Lipinski definition) is 1. The zero-order valence-electron chi connectivity index (χ0n) is 9.37. The van der Waals surface area contributed by atoms with Gasteiger partial charge in [-0.1, -0.05) is 0 Å². The molecule has 0 radical (unpaired) electrons. The lowest BCUT2D eigenvalue weighted by Crippen LogP contribution is -2.31. The molecular weight excluding hydrogens is 186 g/mol. The number of nitrogens with two attached hydrogens (primary N) is 1. The molecule has 1 aliphatic carbocycles. The highest BCUT2D eigenvalue weighted by Crippen LogP contribution is 2.49. The number of nitrogens with zero attached hydrogens (tertiary/aromatic N) is 2. The SMILES string of the molecule is CC(N)C1(c2cn3c(n2)CCCC3)CC1. The van der Waals surface area contributed by atoms with Gasteiger partial charge in [-0.05, 0) is 32.6 Å². The van der Waals surface area contributed by atoms with Crippen molar-refractivity contribution in [3.05, 3.63) is 17.7 Å². The number of fused-ring (bicyclic) bond motifs is 1. The van der Waals surface area contributed by atoms with E-state index in [1.54, 1.807) is 0 Å². The predicted octanol–water partition coefficient (Wildman–Crippen LogP) is 1.60. The lowest BCUT2D eigenvalue weighted by atomic mass is 9.95. The van der Waals surface area contributed by atoms with Gasteiger partial charge >= 0.3 is 0 Å². The van der Waals surface area contributed by atoms with Crippen molar-refractivity contribution >= 4 is 0 Å². The Balaban J connectivity index is 1.96. The average Bonchev–Trinajstić information content (AvgIpc) is 2.93. The second kappa shape index (κ2) is 3.08. The van der Waals surface area contributed by atoms with E-state index in [0.717, 1.165) is 13.0 Å². The molecule has 1 saturated carbocycles. The molecule has 3 rings (SSSR count). The molecule has 0 spiro atoms. The van der Waals surface area contributed by atoms with Crippen molar-refractivity contribution in [2.45, 2.75) is 57.0 Å². The van der Waals surface area contributed by atoms with Crippen LogP contribution in [0.5, 0.6) is 0 Å². The van der Waals surface area contributed by atoms with Crippen LogP contribution in [0.2, 0.25) is 0 Å². The number of rotatable bonds is 2. The highest BCUT2D eigenvalue weighted by molar-refractivity contribution is 5.27. The van der Waals surface area contributed by atoms with Gasteiger partial charge in [0.1, 0.15) is 5.82 Å². The van der Waals surface area contributed by atoms with Gasteiger partial charge in [-0.15, -0.1) is 0 Å². The van der Waals surface area contributed by atoms with Gasteiger partial charge in [0.15, 0.2) is 0 Å². The molecule has 0 bridgehead atoms. The van der Waals surface area contributed by atoms with E-state index >= 15 is 0 Å². The van der Waals surface area contributed by atoms with E-state index in [4.69, 9.17) is 10.7 Å². The Morgan fingerprint density at radius 2 is 2.27 bits per heavy atom. The highest BCUT2D eigenvalue weighted by atomic mass is 15.1. The minimum absolute atomic E-state index is 0.227. The van der Waals surface area contributed by atoms with Gasteiger partial charge in [-0.2, -0.15) is 0 Å². The third kappa shape index (κ3) is 1.33. The average molecular weight is 205 g/mol. The summed E-state index contributed by atoms with van der Waals surface area (Å²) >= 11 is 0. The predicted molar refractivity (Wildman–Crippen MR) is 59.7 cm³/mol. The zero-order chi connectivity index (χ0) is 10.5. The summed E-state index contributed by atoms with van der Waals surface area (Å²) in [6.07, 6.45) is 8.44. The number of aromatic nitrogens is 2. The minimum Gasteiger partial charge on any atom is -0.335 e. The second-order valence-electron chi connectivity index (χ2n) is 5.14. The van der Waals surface area contributed by atoms with Gasteiger partial charge in [0.25, 0.3) is 0 Å². The molecule has 0 amide bonds. The quantitative estimate of drug-likeness (QED) is 0.797. The Morgan fingerprint density at radius 3 is 2.87 bits per heavy atom. The Kier molecular flexibility index (Phi) is 1.93. The summed E-state index contributed by atoms with van der Waals surface area (Å²) in [5, 5.41) is 0. The van der Waals surface area contributed by atoms with Crippen LogP contribution in [0, 0.1) is 0 Å². The van der Waals surface area contributed by atoms with E-state index in [1.807, 2.05) is 0 Å². The molecule has 0 aromatic carbocycles. The molecule has 1 aromatic heterocycles. The third-order valence-corrected chi connectivity index (χ3v) is 4.08. The molecule has 3 nitrogen and oxygen atoms in total. The van der Waals surface area contributed by atoms with E-state index < -0.39 is 0 Å². The van der Waals surface area contributed by atoms with E-state index in [2.05, 4.69) is 17.7 Å². The van der Waals surface area contributed by atoms with Crippen molar-refractivity contribution in [1.29, 1.82) is 0 Å². The maximum atomic E-state index is 6.07. The summed E-state index contributed by atoms with van der Waals surface area (Å²) < 4.78 is 2.33. The molecule has 3 heteroatoms. The molecule has 82 valence electrons. The largest absolute Gasteiger partial charge is 0.335 e. The van der Waals surface area contributed by atoms with Crippen LogP contribution in [0.25, 0.3) is 0 Å². The van der Waals surface area contributed by atoms with E-state index in [-0.39, 0.29) is 11.5 Å². The first-order chi connectivity index (χ1) is 7.22. The van der Waals surface area contributed by atoms with Crippen LogP contribution in [0.1, 0.15) is 44.1 Å². The van der Waals surface area contributed by atoms with Gasteiger partial charge in [0.05, 0.1) is 5.69 Å². The topological polar surface area (TPSA) is 43.8 Å². The fourth-order valence-corrected chi connectivity index (χ4v) is 2.73. The van der Waals surface area contributed by atoms with Gasteiger partial charge < -0.3 is 10.3 Å². The summed E-state index contributed by atoms with van der Waals surface area (Å²) in [5.41, 5.74) is 7.56. The van der Waals surface area contributed by atoms with Crippen molar-refractivity contribution < 1.29 is 0 Å². The Hall–Kier alpha value is -0.830. The van der Waals surface area contributed by atoms with Gasteiger partial charge in [-0.3, -0.25) is 0 Å². The molecule has 2 heterocycles. The lowest BCUT2D eigenvalue weighted by molar-refractivity contribution is 0.522. The third-order valence-electron chi connectivity index (χ3n) is 4.08. The van der Waals surface area contributed by atoms with Crippen molar-refractivity contribution in [2.75, 3.05) is 0 Å². The van der Waals surface area contributed by atoms with Crippen LogP contribution in [0.15, 0.2) is 6.20 Å². The Labute approximate surface area is 90.7 Å². The summed E-state index contributed by atoms with van der Waals surface area (Å²) in [6.45, 7) is 3.27. The van der Waals surface area contributed by atoms with E-state index in [9.17, 15) is 0 Å². The highest BCUT2D eigenvalue weighted by Gasteiger charge is 2.49. The van der Waals surface area contributed by atoms with Gasteiger partial charge in [0.2, 0.25) is 0 Å². The number of imidazole rings is 1. The molecule has 0 saturated heterocycles. The van der Waals surface area contributed by atoms with Crippen molar-refractivity contribution in [2.24, 2.45) is 5.73 Å². The van der Waals surface area contributed by atoms with Crippen molar-refractivity contribution in [3.8, 4) is 0 Å². The standard InChI is InChI=1S/C12H19N3/c1-9(13)12(5-6-12)10-8-15-7-3-2-4-11(15)14-10/h8-9H,2-7,13H2,1H3. The molecule has 1 fully saturated rings. The van der Waals surface area contributed by atoms with Gasteiger partial charge in [0, 0.05) is 30.6 Å². The fraction of sp³-hybridized carbons (Fsp3) is 0.750. The van der Waals surface area contributed by atoms with Crippen LogP contribution in [0.4, 0.5) is 0 Å². The molecular formula is C12H19N3. The van der Waals surface area contributed by atoms with Gasteiger partial charge in [-0.25, -0.2) is 4.98 Å². The van der Waals surface area contributed by atoms with E-state index in [0.29, 0.717) is 0 Å². The maximum absolute atomic E-state index is 6.07. The van der Waals surface area contributed by atoms with E-state index in [1.165, 1.54) is 37.2 Å². The molecule has 1 atom stereocenters. The molecule has 2 aliphatic rings. The number of aryl methyl sites for hydroxylation is 2. The number of hydrogen-bond acceptors (Lipinski definition) is 2. The van der Waals surface area contributed by atoms with Crippen LogP contribution in [0.3, 0.4) is 0 Å². The normalized spacial score (nSPS) is 24.7. The van der Waals surface area contributed by atoms with Crippen molar-refractivity contribution in [1.82, 2.24) is 9.55 Å². The van der Waals surface area contributed by atoms with Crippen LogP contribution < -0.4 is 5.73 Å². The molecule has 1 aromatic rings. The maximum Gasteiger partial charge on any atom is 0.108 e. The van der Waals surface area contributed by atoms with Crippen LogP contribution in [-0.2, 0) is 18.4 Å². The fourth-order valence-electron chi connectivity index (χ4n) is 2.73. The summed E-state index contributed by atoms with van der Waals surface area (Å²) in [4.78, 5) is 4.79. The molecule has 1 aliphatic heterocycles. The van der Waals surface area contributed by atoms with Crippen LogP contribution in [-0.4, -0.2) is 15.6 Å². The molecule has 15 heavy (non-hydrogen) atoms. The smallest absolute Gasteiger partial charge is 0.108 e. The first kappa shape index (κ1) is 9.40. The first-order valence-electron chi connectivity index (χ1n) is 6.04. The first-order valence-corrected chi connectivity index (χ1v) is 6.04. The summed E-state index contributed by atoms with van der Waals surface area (Å²) in [6, 6.07) is 0.245. The minimum atomic E-state index is 0.227.